The Morgan fingerprint density at radius 1 is 1.32 bits per heavy atom. The van der Waals surface area contributed by atoms with Gasteiger partial charge in [-0.05, 0) is 19.1 Å². The highest BCUT2D eigenvalue weighted by atomic mass is 32.2. The van der Waals surface area contributed by atoms with Gasteiger partial charge in [-0.15, -0.1) is 0 Å². The third kappa shape index (κ3) is 5.12. The minimum Gasteiger partial charge on any atom is -0.352 e. The summed E-state index contributed by atoms with van der Waals surface area (Å²) in [6.07, 6.45) is 0. The van der Waals surface area contributed by atoms with Gasteiger partial charge in [-0.3, -0.25) is 4.79 Å². The van der Waals surface area contributed by atoms with Crippen LogP contribution in [-0.4, -0.2) is 23.7 Å². The van der Waals surface area contributed by atoms with Crippen molar-refractivity contribution in [2.45, 2.75) is 23.6 Å². The van der Waals surface area contributed by atoms with Crippen LogP contribution in [0.4, 0.5) is 19.3 Å². The molecule has 0 aromatic heterocycles. The van der Waals surface area contributed by atoms with E-state index < -0.39 is 23.7 Å². The second-order valence-electron chi connectivity index (χ2n) is 3.59. The van der Waals surface area contributed by atoms with E-state index in [1.807, 2.05) is 0 Å². The minimum atomic E-state index is -2.58. The maximum Gasteiger partial charge on any atom is 0.312 e. The molecule has 0 heterocycles. The molecule has 8 heteroatoms. The Bertz CT molecular complexity index is 471. The quantitative estimate of drug-likeness (QED) is 0.725. The largest absolute Gasteiger partial charge is 0.352 e. The summed E-state index contributed by atoms with van der Waals surface area (Å²) in [7, 11) is 0. The van der Waals surface area contributed by atoms with Crippen molar-refractivity contribution in [3.63, 3.8) is 0 Å². The van der Waals surface area contributed by atoms with Crippen molar-refractivity contribution in [3.8, 4) is 0 Å². The van der Waals surface area contributed by atoms with Crippen LogP contribution in [0.5, 0.6) is 0 Å². The van der Waals surface area contributed by atoms with Crippen molar-refractivity contribution in [1.29, 1.82) is 0 Å². The molecule has 1 aromatic carbocycles. The molecule has 0 spiro atoms. The number of thioether (sulfide) groups is 1. The molecule has 1 rings (SSSR count). The van der Waals surface area contributed by atoms with Crippen LogP contribution in [0.25, 0.3) is 0 Å². The fourth-order valence-corrected chi connectivity index (χ4v) is 1.88. The van der Waals surface area contributed by atoms with E-state index in [9.17, 15) is 18.4 Å². The number of anilines is 1. The van der Waals surface area contributed by atoms with Crippen LogP contribution in [0.1, 0.15) is 6.92 Å². The molecule has 0 radical (unpaired) electrons. The van der Waals surface area contributed by atoms with E-state index in [0.29, 0.717) is 11.8 Å². The van der Waals surface area contributed by atoms with Gasteiger partial charge in [0.2, 0.25) is 5.91 Å². The van der Waals surface area contributed by atoms with Crippen LogP contribution >= 0.6 is 11.8 Å². The number of hydrogen-bond acceptors (Lipinski definition) is 3. The Kier molecular flexibility index (Phi) is 5.56. The lowest BCUT2D eigenvalue weighted by molar-refractivity contribution is -0.117. The summed E-state index contributed by atoms with van der Waals surface area (Å²) >= 11 is 0.333. The Morgan fingerprint density at radius 3 is 2.53 bits per heavy atom. The van der Waals surface area contributed by atoms with Gasteiger partial charge in [0, 0.05) is 4.90 Å². The van der Waals surface area contributed by atoms with E-state index in [2.05, 4.69) is 10.6 Å². The standard InChI is InChI=1S/C11H13F2N3O2S/c1-6(15-11(14)18)9(17)16-7-4-2-3-5-8(7)19-10(12)13/h2-6,10H,1H3,(H,16,17)(H3,14,15,18). The number of rotatable bonds is 5. The van der Waals surface area contributed by atoms with Crippen molar-refractivity contribution in [2.75, 3.05) is 5.32 Å². The average Bonchev–Trinajstić information content (AvgIpc) is 2.30. The molecule has 1 aromatic rings. The summed E-state index contributed by atoms with van der Waals surface area (Å²) in [4.78, 5) is 22.6. The summed E-state index contributed by atoms with van der Waals surface area (Å²) in [5.41, 5.74) is 5.15. The number of alkyl halides is 2. The Morgan fingerprint density at radius 2 is 1.95 bits per heavy atom. The van der Waals surface area contributed by atoms with Gasteiger partial charge >= 0.3 is 6.03 Å². The second-order valence-corrected chi connectivity index (χ2v) is 4.63. The zero-order chi connectivity index (χ0) is 14.4. The van der Waals surface area contributed by atoms with Gasteiger partial charge in [0.25, 0.3) is 5.76 Å². The number of amides is 3. The van der Waals surface area contributed by atoms with Crippen LogP contribution < -0.4 is 16.4 Å². The Labute approximate surface area is 112 Å². The predicted octanol–water partition coefficient (Wildman–Crippen LogP) is 2.00. The predicted molar refractivity (Wildman–Crippen MR) is 69.1 cm³/mol. The van der Waals surface area contributed by atoms with Gasteiger partial charge < -0.3 is 16.4 Å². The van der Waals surface area contributed by atoms with Gasteiger partial charge in [-0.1, -0.05) is 23.9 Å². The number of nitrogens with one attached hydrogen (secondary N) is 2. The van der Waals surface area contributed by atoms with Crippen LogP contribution in [0.3, 0.4) is 0 Å². The van der Waals surface area contributed by atoms with Crippen molar-refractivity contribution in [1.82, 2.24) is 5.32 Å². The highest BCUT2D eigenvalue weighted by molar-refractivity contribution is 7.99. The van der Waals surface area contributed by atoms with Crippen LogP contribution in [-0.2, 0) is 4.79 Å². The number of hydrogen-bond donors (Lipinski definition) is 3. The number of primary amides is 1. The third-order valence-electron chi connectivity index (χ3n) is 2.11. The molecule has 5 nitrogen and oxygen atoms in total. The molecule has 0 saturated carbocycles. The lowest BCUT2D eigenvalue weighted by Crippen LogP contribution is -2.44. The smallest absolute Gasteiger partial charge is 0.312 e. The Hall–Kier alpha value is -1.83. The molecule has 0 aliphatic heterocycles. The highest BCUT2D eigenvalue weighted by Gasteiger charge is 2.16. The lowest BCUT2D eigenvalue weighted by Gasteiger charge is -2.14. The van der Waals surface area contributed by atoms with Gasteiger partial charge in [0.1, 0.15) is 6.04 Å². The zero-order valence-electron chi connectivity index (χ0n) is 10.0. The van der Waals surface area contributed by atoms with E-state index >= 15 is 0 Å². The van der Waals surface area contributed by atoms with E-state index in [1.165, 1.54) is 19.1 Å². The summed E-state index contributed by atoms with van der Waals surface area (Å²) < 4.78 is 24.7. The molecule has 4 N–H and O–H groups in total. The normalized spacial score (nSPS) is 12.0. The second kappa shape index (κ2) is 6.93. The van der Waals surface area contributed by atoms with E-state index in [0.717, 1.165) is 0 Å². The summed E-state index contributed by atoms with van der Waals surface area (Å²) in [5, 5.41) is 4.65. The average molecular weight is 289 g/mol. The topological polar surface area (TPSA) is 84.2 Å². The van der Waals surface area contributed by atoms with E-state index in [4.69, 9.17) is 5.73 Å². The molecule has 0 saturated heterocycles. The SMILES string of the molecule is CC(NC(N)=O)C(=O)Nc1ccccc1SC(F)F. The molecular formula is C11H13F2N3O2S. The van der Waals surface area contributed by atoms with Crippen LogP contribution in [0.15, 0.2) is 29.2 Å². The lowest BCUT2D eigenvalue weighted by atomic mass is 10.2. The molecule has 19 heavy (non-hydrogen) atoms. The van der Waals surface area contributed by atoms with E-state index in [1.54, 1.807) is 12.1 Å². The van der Waals surface area contributed by atoms with Gasteiger partial charge in [-0.25, -0.2) is 4.79 Å². The fourth-order valence-electron chi connectivity index (χ4n) is 1.29. The molecule has 0 aliphatic carbocycles. The molecule has 0 fully saturated rings. The molecule has 1 unspecified atom stereocenters. The molecule has 3 amide bonds. The molecule has 0 bridgehead atoms. The molecular weight excluding hydrogens is 276 g/mol. The van der Waals surface area contributed by atoms with Crippen molar-refractivity contribution in [3.05, 3.63) is 24.3 Å². The number of benzene rings is 1. The number of halogens is 2. The number of urea groups is 1. The highest BCUT2D eigenvalue weighted by Crippen LogP contribution is 2.31. The number of nitrogens with two attached hydrogens (primary N) is 1. The van der Waals surface area contributed by atoms with Gasteiger partial charge in [0.05, 0.1) is 5.69 Å². The molecule has 1 atom stereocenters. The molecule has 0 aliphatic rings. The zero-order valence-corrected chi connectivity index (χ0v) is 10.8. The first-order valence-electron chi connectivity index (χ1n) is 5.31. The molecule has 104 valence electrons. The number of carbonyl (C=O) groups excluding carboxylic acids is 2. The Balaban J connectivity index is 2.76. The van der Waals surface area contributed by atoms with E-state index in [-0.39, 0.29) is 10.6 Å². The number of para-hydroxylation sites is 1. The first-order chi connectivity index (χ1) is 8.90. The summed E-state index contributed by atoms with van der Waals surface area (Å²) in [6.45, 7) is 1.43. The van der Waals surface area contributed by atoms with Crippen molar-refractivity contribution in [2.24, 2.45) is 5.73 Å². The third-order valence-corrected chi connectivity index (χ3v) is 2.90. The first kappa shape index (κ1) is 15.2. The maximum absolute atomic E-state index is 12.3. The monoisotopic (exact) mass is 289 g/mol. The van der Waals surface area contributed by atoms with Gasteiger partial charge in [-0.2, -0.15) is 8.78 Å². The summed E-state index contributed by atoms with van der Waals surface area (Å²) in [5.74, 6) is -3.12. The van der Waals surface area contributed by atoms with Crippen molar-refractivity contribution >= 4 is 29.4 Å². The van der Waals surface area contributed by atoms with Gasteiger partial charge in [0.15, 0.2) is 0 Å². The van der Waals surface area contributed by atoms with Crippen LogP contribution in [0, 0.1) is 0 Å². The summed E-state index contributed by atoms with van der Waals surface area (Å²) in [6, 6.07) is 4.47. The first-order valence-corrected chi connectivity index (χ1v) is 6.18. The number of carbonyl (C=O) groups is 2. The minimum absolute atomic E-state index is 0.247. The maximum atomic E-state index is 12.3. The van der Waals surface area contributed by atoms with Crippen molar-refractivity contribution < 1.29 is 18.4 Å². The van der Waals surface area contributed by atoms with Crippen LogP contribution in [0.2, 0.25) is 0 Å². The fraction of sp³-hybridized carbons (Fsp3) is 0.273.